The Labute approximate surface area is 74.9 Å². The van der Waals surface area contributed by atoms with Crippen molar-refractivity contribution in [1.29, 1.82) is 0 Å². The molecule has 0 bridgehead atoms. The second-order valence-corrected chi connectivity index (χ2v) is 3.57. The molecule has 0 amide bonds. The highest BCUT2D eigenvalue weighted by atomic mass is 16.3. The Morgan fingerprint density at radius 1 is 1.67 bits per heavy atom. The lowest BCUT2D eigenvalue weighted by Gasteiger charge is -2.26. The molecule has 70 valence electrons. The van der Waals surface area contributed by atoms with Crippen LogP contribution < -0.4 is 0 Å². The minimum Gasteiger partial charge on any atom is -0.393 e. The zero-order valence-corrected chi connectivity index (χ0v) is 8.08. The Bertz CT molecular complexity index is 163. The first-order valence-corrected chi connectivity index (χ1v) is 4.80. The number of hydrogen-bond acceptors (Lipinski definition) is 2. The Morgan fingerprint density at radius 2 is 2.42 bits per heavy atom. The molecule has 2 nitrogen and oxygen atoms in total. The molecule has 0 saturated carbocycles. The number of nitrogens with zero attached hydrogens (tertiary/aromatic N) is 1. The molecule has 0 radical (unpaired) electrons. The van der Waals surface area contributed by atoms with Gasteiger partial charge in [0.05, 0.1) is 6.10 Å². The van der Waals surface area contributed by atoms with Crippen LogP contribution in [0.3, 0.4) is 0 Å². The van der Waals surface area contributed by atoms with Gasteiger partial charge in [-0.1, -0.05) is 18.6 Å². The maximum absolute atomic E-state index is 9.20. The molecule has 0 aliphatic carbocycles. The molecule has 1 unspecified atom stereocenters. The summed E-state index contributed by atoms with van der Waals surface area (Å²) in [6, 6.07) is 0. The highest BCUT2D eigenvalue weighted by molar-refractivity contribution is 5.08. The van der Waals surface area contributed by atoms with Gasteiger partial charge in [-0.15, -0.1) is 0 Å². The van der Waals surface area contributed by atoms with Crippen LogP contribution in [0.2, 0.25) is 0 Å². The van der Waals surface area contributed by atoms with Crippen molar-refractivity contribution in [2.45, 2.75) is 32.8 Å². The Kier molecular flexibility index (Phi) is 3.76. The van der Waals surface area contributed by atoms with Crippen LogP contribution in [0, 0.1) is 0 Å². The maximum atomic E-state index is 9.20. The molecule has 0 aromatic rings. The van der Waals surface area contributed by atoms with E-state index < -0.39 is 0 Å². The molecule has 1 rings (SSSR count). The first-order chi connectivity index (χ1) is 5.72. The van der Waals surface area contributed by atoms with E-state index in [0.717, 1.165) is 25.9 Å². The standard InChI is InChI=1S/C10H19NO/c1-3-11-6-4-5-10(8-11)7-9(2)12/h5,9,12H,3-4,6-8H2,1-2H3. The quantitative estimate of drug-likeness (QED) is 0.646. The van der Waals surface area contributed by atoms with E-state index in [-0.39, 0.29) is 6.10 Å². The van der Waals surface area contributed by atoms with Crippen LogP contribution in [0.1, 0.15) is 26.7 Å². The molecule has 2 heteroatoms. The van der Waals surface area contributed by atoms with E-state index in [1.165, 1.54) is 12.1 Å². The van der Waals surface area contributed by atoms with Crippen LogP contribution in [-0.2, 0) is 0 Å². The third-order valence-corrected chi connectivity index (χ3v) is 2.31. The van der Waals surface area contributed by atoms with Crippen molar-refractivity contribution in [3.05, 3.63) is 11.6 Å². The molecule has 0 saturated heterocycles. The third kappa shape index (κ3) is 2.95. The molecule has 1 heterocycles. The SMILES string of the molecule is CCN1CCC=C(CC(C)O)C1. The van der Waals surface area contributed by atoms with Gasteiger partial charge in [0.1, 0.15) is 0 Å². The van der Waals surface area contributed by atoms with Crippen molar-refractivity contribution in [2.75, 3.05) is 19.6 Å². The minimum absolute atomic E-state index is 0.187. The molecule has 1 aliphatic heterocycles. The van der Waals surface area contributed by atoms with E-state index in [1.807, 2.05) is 6.92 Å². The smallest absolute Gasteiger partial charge is 0.0549 e. The lowest BCUT2D eigenvalue weighted by Crippen LogP contribution is -2.30. The highest BCUT2D eigenvalue weighted by Crippen LogP contribution is 2.13. The van der Waals surface area contributed by atoms with Gasteiger partial charge in [-0.05, 0) is 26.3 Å². The van der Waals surface area contributed by atoms with Gasteiger partial charge in [-0.3, -0.25) is 4.90 Å². The van der Waals surface area contributed by atoms with Gasteiger partial charge in [-0.2, -0.15) is 0 Å². The summed E-state index contributed by atoms with van der Waals surface area (Å²) in [6.45, 7) is 7.40. The van der Waals surface area contributed by atoms with Crippen LogP contribution in [-0.4, -0.2) is 35.7 Å². The summed E-state index contributed by atoms with van der Waals surface area (Å²) in [5.74, 6) is 0. The van der Waals surface area contributed by atoms with Crippen LogP contribution in [0.15, 0.2) is 11.6 Å². The largest absolute Gasteiger partial charge is 0.393 e. The molecule has 12 heavy (non-hydrogen) atoms. The Hall–Kier alpha value is -0.340. The van der Waals surface area contributed by atoms with Crippen LogP contribution in [0.5, 0.6) is 0 Å². The number of likely N-dealkylation sites (N-methyl/N-ethyl adjacent to an activating group) is 1. The van der Waals surface area contributed by atoms with Gasteiger partial charge in [-0.25, -0.2) is 0 Å². The average molecular weight is 169 g/mol. The van der Waals surface area contributed by atoms with Crippen molar-refractivity contribution in [3.63, 3.8) is 0 Å². The van der Waals surface area contributed by atoms with E-state index in [2.05, 4.69) is 17.9 Å². The molecule has 0 fully saturated rings. The topological polar surface area (TPSA) is 23.5 Å². The fourth-order valence-electron chi connectivity index (χ4n) is 1.68. The van der Waals surface area contributed by atoms with Crippen LogP contribution in [0.25, 0.3) is 0 Å². The predicted octanol–water partition coefficient (Wildman–Crippen LogP) is 1.41. The summed E-state index contributed by atoms with van der Waals surface area (Å²) in [6.07, 6.45) is 4.08. The molecule has 1 atom stereocenters. The minimum atomic E-state index is -0.187. The normalized spacial score (nSPS) is 22.1. The molecule has 0 spiro atoms. The molecule has 1 N–H and O–H groups in total. The summed E-state index contributed by atoms with van der Waals surface area (Å²) >= 11 is 0. The van der Waals surface area contributed by atoms with Crippen molar-refractivity contribution in [2.24, 2.45) is 0 Å². The zero-order valence-electron chi connectivity index (χ0n) is 8.08. The summed E-state index contributed by atoms with van der Waals surface area (Å²) < 4.78 is 0. The number of aliphatic hydroxyl groups is 1. The lowest BCUT2D eigenvalue weighted by atomic mass is 10.0. The second-order valence-electron chi connectivity index (χ2n) is 3.57. The van der Waals surface area contributed by atoms with E-state index in [9.17, 15) is 5.11 Å². The van der Waals surface area contributed by atoms with Gasteiger partial charge >= 0.3 is 0 Å². The second kappa shape index (κ2) is 4.63. The van der Waals surface area contributed by atoms with Gasteiger partial charge in [0, 0.05) is 13.1 Å². The number of aliphatic hydroxyl groups excluding tert-OH is 1. The van der Waals surface area contributed by atoms with Crippen LogP contribution >= 0.6 is 0 Å². The molecular weight excluding hydrogens is 150 g/mol. The first kappa shape index (κ1) is 9.75. The zero-order chi connectivity index (χ0) is 8.97. The number of hydrogen-bond donors (Lipinski definition) is 1. The summed E-state index contributed by atoms with van der Waals surface area (Å²) in [5.41, 5.74) is 1.40. The summed E-state index contributed by atoms with van der Waals surface area (Å²) in [7, 11) is 0. The fourth-order valence-corrected chi connectivity index (χ4v) is 1.68. The fraction of sp³-hybridized carbons (Fsp3) is 0.800. The molecule has 0 aromatic carbocycles. The van der Waals surface area contributed by atoms with Crippen LogP contribution in [0.4, 0.5) is 0 Å². The lowest BCUT2D eigenvalue weighted by molar-refractivity contribution is 0.188. The average Bonchev–Trinajstić information content (AvgIpc) is 2.03. The summed E-state index contributed by atoms with van der Waals surface area (Å²) in [5, 5.41) is 9.20. The van der Waals surface area contributed by atoms with Gasteiger partial charge in [0.2, 0.25) is 0 Å². The molecule has 1 aliphatic rings. The van der Waals surface area contributed by atoms with Crippen molar-refractivity contribution < 1.29 is 5.11 Å². The Morgan fingerprint density at radius 3 is 3.00 bits per heavy atom. The van der Waals surface area contributed by atoms with Crippen molar-refractivity contribution >= 4 is 0 Å². The maximum Gasteiger partial charge on any atom is 0.0549 e. The van der Waals surface area contributed by atoms with E-state index in [0.29, 0.717) is 0 Å². The summed E-state index contributed by atoms with van der Waals surface area (Å²) in [4.78, 5) is 2.41. The van der Waals surface area contributed by atoms with Gasteiger partial charge in [0.15, 0.2) is 0 Å². The number of rotatable bonds is 3. The van der Waals surface area contributed by atoms with Gasteiger partial charge in [0.25, 0.3) is 0 Å². The molecular formula is C10H19NO. The van der Waals surface area contributed by atoms with Crippen molar-refractivity contribution in [1.82, 2.24) is 4.90 Å². The molecule has 0 aromatic heterocycles. The Balaban J connectivity index is 2.39. The predicted molar refractivity (Wildman–Crippen MR) is 51.1 cm³/mol. The monoisotopic (exact) mass is 169 g/mol. The highest BCUT2D eigenvalue weighted by Gasteiger charge is 2.11. The van der Waals surface area contributed by atoms with Gasteiger partial charge < -0.3 is 5.11 Å². The first-order valence-electron chi connectivity index (χ1n) is 4.80. The van der Waals surface area contributed by atoms with E-state index in [4.69, 9.17) is 0 Å². The third-order valence-electron chi connectivity index (χ3n) is 2.31. The van der Waals surface area contributed by atoms with E-state index >= 15 is 0 Å². The van der Waals surface area contributed by atoms with Crippen molar-refractivity contribution in [3.8, 4) is 0 Å². The van der Waals surface area contributed by atoms with E-state index in [1.54, 1.807) is 0 Å².